The van der Waals surface area contributed by atoms with Gasteiger partial charge in [0.2, 0.25) is 0 Å². The van der Waals surface area contributed by atoms with Crippen molar-refractivity contribution in [2.75, 3.05) is 14.2 Å². The van der Waals surface area contributed by atoms with Crippen molar-refractivity contribution in [3.05, 3.63) is 56.5 Å². The maximum atomic E-state index is 12.1. The molecule has 0 aliphatic heterocycles. The summed E-state index contributed by atoms with van der Waals surface area (Å²) in [5.41, 5.74) is 0.870. The quantitative estimate of drug-likeness (QED) is 0.569. The zero-order chi connectivity index (χ0) is 19.3. The van der Waals surface area contributed by atoms with E-state index in [0.717, 1.165) is 0 Å². The molecule has 0 unspecified atom stereocenters. The minimum Gasteiger partial charge on any atom is -0.506 e. The van der Waals surface area contributed by atoms with E-state index >= 15 is 0 Å². The first-order valence-corrected chi connectivity index (χ1v) is 8.97. The molecule has 2 aromatic rings. The zero-order valence-electron chi connectivity index (χ0n) is 14.0. The highest BCUT2D eigenvalue weighted by molar-refractivity contribution is 9.10. The molecular formula is C19H16Br2O5. The van der Waals surface area contributed by atoms with Gasteiger partial charge < -0.3 is 19.7 Å². The molecule has 2 N–H and O–H groups in total. The van der Waals surface area contributed by atoms with Crippen LogP contribution in [0.15, 0.2) is 45.4 Å². The van der Waals surface area contributed by atoms with Gasteiger partial charge in [-0.25, -0.2) is 0 Å². The molecule has 2 aromatic carbocycles. The molecule has 0 spiro atoms. The number of carbonyl (C=O) groups is 1. The second-order valence-corrected chi connectivity index (χ2v) is 6.87. The highest BCUT2D eigenvalue weighted by Crippen LogP contribution is 2.34. The number of rotatable bonds is 6. The predicted octanol–water partition coefficient (Wildman–Crippen LogP) is 4.94. The summed E-state index contributed by atoms with van der Waals surface area (Å²) in [6.45, 7) is 0. The minimum atomic E-state index is -0.318. The van der Waals surface area contributed by atoms with Crippen molar-refractivity contribution < 1.29 is 24.5 Å². The third kappa shape index (κ3) is 4.89. The van der Waals surface area contributed by atoms with Crippen molar-refractivity contribution in [2.24, 2.45) is 0 Å². The Labute approximate surface area is 167 Å². The van der Waals surface area contributed by atoms with Crippen LogP contribution in [0.2, 0.25) is 0 Å². The van der Waals surface area contributed by atoms with Gasteiger partial charge in [-0.2, -0.15) is 0 Å². The van der Waals surface area contributed by atoms with Crippen molar-refractivity contribution in [1.82, 2.24) is 0 Å². The lowest BCUT2D eigenvalue weighted by molar-refractivity contribution is -0.110. The van der Waals surface area contributed by atoms with E-state index in [2.05, 4.69) is 31.9 Å². The van der Waals surface area contributed by atoms with Crippen LogP contribution in [-0.2, 0) is 4.79 Å². The molecule has 0 amide bonds. The minimum absolute atomic E-state index is 0.00759. The molecule has 136 valence electrons. The van der Waals surface area contributed by atoms with Crippen LogP contribution in [0.1, 0.15) is 11.1 Å². The Morgan fingerprint density at radius 1 is 0.846 bits per heavy atom. The number of phenols is 2. The van der Waals surface area contributed by atoms with E-state index in [9.17, 15) is 15.0 Å². The molecule has 0 atom stereocenters. The van der Waals surface area contributed by atoms with Gasteiger partial charge in [0.05, 0.1) is 23.2 Å². The van der Waals surface area contributed by atoms with Gasteiger partial charge in [0.1, 0.15) is 23.0 Å². The molecule has 26 heavy (non-hydrogen) atoms. The summed E-state index contributed by atoms with van der Waals surface area (Å²) in [6, 6.07) is 6.47. The number of phenolic OH excluding ortho intramolecular Hbond substituents is 2. The lowest BCUT2D eigenvalue weighted by Crippen LogP contribution is -1.89. The van der Waals surface area contributed by atoms with Gasteiger partial charge in [0.25, 0.3) is 0 Å². The Bertz CT molecular complexity index is 816. The van der Waals surface area contributed by atoms with E-state index in [1.54, 1.807) is 24.3 Å². The second kappa shape index (κ2) is 8.91. The van der Waals surface area contributed by atoms with Gasteiger partial charge in [0.15, 0.2) is 5.78 Å². The van der Waals surface area contributed by atoms with Crippen LogP contribution in [0, 0.1) is 0 Å². The topological polar surface area (TPSA) is 76.0 Å². The van der Waals surface area contributed by atoms with Gasteiger partial charge in [-0.05, 0) is 80.4 Å². The predicted molar refractivity (Wildman–Crippen MR) is 108 cm³/mol. The third-order valence-corrected chi connectivity index (χ3v) is 4.67. The molecule has 2 rings (SSSR count). The number of ether oxygens (including phenoxy) is 2. The van der Waals surface area contributed by atoms with E-state index in [-0.39, 0.29) is 17.3 Å². The van der Waals surface area contributed by atoms with Crippen molar-refractivity contribution >= 4 is 49.8 Å². The van der Waals surface area contributed by atoms with Crippen LogP contribution in [0.4, 0.5) is 0 Å². The summed E-state index contributed by atoms with van der Waals surface area (Å²) >= 11 is 6.45. The summed E-state index contributed by atoms with van der Waals surface area (Å²) in [6.07, 6.45) is 5.58. The molecule has 0 radical (unpaired) electrons. The Kier molecular flexibility index (Phi) is 6.88. The molecule has 0 bridgehead atoms. The molecule has 0 aliphatic carbocycles. The van der Waals surface area contributed by atoms with Gasteiger partial charge >= 0.3 is 0 Å². The highest BCUT2D eigenvalue weighted by Gasteiger charge is 2.08. The lowest BCUT2D eigenvalue weighted by Gasteiger charge is -2.06. The molecule has 0 aromatic heterocycles. The van der Waals surface area contributed by atoms with Crippen molar-refractivity contribution in [1.29, 1.82) is 0 Å². The average molecular weight is 484 g/mol. The molecule has 0 saturated carbocycles. The van der Waals surface area contributed by atoms with Crippen LogP contribution in [-0.4, -0.2) is 30.2 Å². The fourth-order valence-corrected chi connectivity index (χ4v) is 2.99. The first kappa shape index (κ1) is 20.1. The fourth-order valence-electron chi connectivity index (χ4n) is 2.08. The molecule has 0 saturated heterocycles. The smallest absolute Gasteiger partial charge is 0.178 e. The maximum absolute atomic E-state index is 12.1. The standard InChI is InChI=1S/C19H16Br2O5/c1-25-14-7-11(18(23)16(20)9-14)3-5-13(22)6-4-12-8-15(26-2)10-17(21)19(12)24/h3-10,23-24H,1-2H3. The Hall–Kier alpha value is -2.25. The lowest BCUT2D eigenvalue weighted by atomic mass is 10.1. The van der Waals surface area contributed by atoms with E-state index < -0.39 is 0 Å². The van der Waals surface area contributed by atoms with E-state index in [1.807, 2.05) is 0 Å². The van der Waals surface area contributed by atoms with E-state index in [1.165, 1.54) is 38.5 Å². The summed E-state index contributed by atoms with van der Waals surface area (Å²) in [5, 5.41) is 20.1. The van der Waals surface area contributed by atoms with Crippen LogP contribution in [0.5, 0.6) is 23.0 Å². The SMILES string of the molecule is COc1cc(Br)c(O)c(C=CC(=O)C=Cc2cc(OC)cc(Br)c2O)c1. The second-order valence-electron chi connectivity index (χ2n) is 5.16. The zero-order valence-corrected chi connectivity index (χ0v) is 17.2. The first-order valence-electron chi connectivity index (χ1n) is 7.38. The van der Waals surface area contributed by atoms with E-state index in [4.69, 9.17) is 9.47 Å². The number of hydrogen-bond acceptors (Lipinski definition) is 5. The van der Waals surface area contributed by atoms with Crippen LogP contribution in [0.25, 0.3) is 12.2 Å². The molecule has 0 heterocycles. The Morgan fingerprint density at radius 2 is 1.23 bits per heavy atom. The third-order valence-electron chi connectivity index (χ3n) is 3.46. The fraction of sp³-hybridized carbons (Fsp3) is 0.105. The number of hydrogen-bond donors (Lipinski definition) is 2. The molecule has 7 heteroatoms. The number of aromatic hydroxyl groups is 2. The number of ketones is 1. The monoisotopic (exact) mass is 482 g/mol. The molecule has 0 aliphatic rings. The number of carbonyl (C=O) groups excluding carboxylic acids is 1. The number of allylic oxidation sites excluding steroid dienone is 2. The molecular weight excluding hydrogens is 468 g/mol. The number of benzene rings is 2. The summed E-state index contributed by atoms with van der Waals surface area (Å²) in [7, 11) is 3.03. The number of halogens is 2. The van der Waals surface area contributed by atoms with Crippen LogP contribution < -0.4 is 9.47 Å². The van der Waals surface area contributed by atoms with Crippen LogP contribution >= 0.6 is 31.9 Å². The maximum Gasteiger partial charge on any atom is 0.178 e. The highest BCUT2D eigenvalue weighted by atomic mass is 79.9. The van der Waals surface area contributed by atoms with Gasteiger partial charge in [-0.15, -0.1) is 0 Å². The normalized spacial score (nSPS) is 11.2. The Morgan fingerprint density at radius 3 is 1.58 bits per heavy atom. The summed E-state index contributed by atoms with van der Waals surface area (Å²) < 4.78 is 11.2. The largest absolute Gasteiger partial charge is 0.506 e. The summed E-state index contributed by atoms with van der Waals surface area (Å²) in [5.74, 6) is 0.787. The van der Waals surface area contributed by atoms with Crippen molar-refractivity contribution in [2.45, 2.75) is 0 Å². The van der Waals surface area contributed by atoms with Crippen molar-refractivity contribution in [3.63, 3.8) is 0 Å². The average Bonchev–Trinajstić information content (AvgIpc) is 2.63. The molecule has 5 nitrogen and oxygen atoms in total. The molecule has 0 fully saturated rings. The number of methoxy groups -OCH3 is 2. The van der Waals surface area contributed by atoms with Gasteiger partial charge in [-0.1, -0.05) is 0 Å². The van der Waals surface area contributed by atoms with Crippen LogP contribution in [0.3, 0.4) is 0 Å². The van der Waals surface area contributed by atoms with Gasteiger partial charge in [-0.3, -0.25) is 4.79 Å². The Balaban J connectivity index is 2.22. The van der Waals surface area contributed by atoms with Crippen molar-refractivity contribution in [3.8, 4) is 23.0 Å². The van der Waals surface area contributed by atoms with E-state index in [0.29, 0.717) is 31.6 Å². The van der Waals surface area contributed by atoms with Gasteiger partial charge in [0, 0.05) is 11.1 Å². The summed E-state index contributed by atoms with van der Waals surface area (Å²) in [4.78, 5) is 12.1. The first-order chi connectivity index (χ1) is 12.3.